The normalized spacial score (nSPS) is 12.6. The molecule has 0 atom stereocenters. The van der Waals surface area contributed by atoms with Gasteiger partial charge in [-0.25, -0.2) is 9.97 Å². The maximum Gasteiger partial charge on any atom is 0.160 e. The van der Waals surface area contributed by atoms with Crippen LogP contribution in [0.3, 0.4) is 0 Å². The van der Waals surface area contributed by atoms with Crippen LogP contribution >= 0.6 is 0 Å². The van der Waals surface area contributed by atoms with Crippen molar-refractivity contribution in [3.63, 3.8) is 0 Å². The topological polar surface area (TPSA) is 73.4 Å². The quantitative estimate of drug-likeness (QED) is 0.0871. The summed E-state index contributed by atoms with van der Waals surface area (Å²) in [5, 5.41) is 22.1. The zero-order valence-electron chi connectivity index (χ0n) is 34.4. The molecule has 0 saturated carbocycles. The smallest absolute Gasteiger partial charge is 0.160 e. The fourth-order valence-electron chi connectivity index (χ4n) is 9.28. The van der Waals surface area contributed by atoms with Crippen molar-refractivity contribution < 1.29 is 0 Å². The molecule has 5 aromatic carbocycles. The van der Waals surface area contributed by atoms with Crippen molar-refractivity contribution in [1.29, 1.82) is 10.5 Å². The van der Waals surface area contributed by atoms with Crippen molar-refractivity contribution in [3.05, 3.63) is 130 Å². The first-order chi connectivity index (χ1) is 27.9. The first-order valence-electron chi connectivity index (χ1n) is 21.5. The van der Waals surface area contributed by atoms with E-state index >= 15 is 0 Å². The molecule has 1 aromatic heterocycles. The van der Waals surface area contributed by atoms with Crippen molar-refractivity contribution in [1.82, 2.24) is 9.97 Å². The maximum absolute atomic E-state index is 9.90. The summed E-state index contributed by atoms with van der Waals surface area (Å²) < 4.78 is 0. The van der Waals surface area contributed by atoms with Crippen LogP contribution in [0.5, 0.6) is 0 Å². The first kappa shape index (κ1) is 39.6. The number of benzene rings is 5. The Balaban J connectivity index is 1.39. The molecule has 1 aliphatic carbocycles. The number of hydrogen-bond acceptors (Lipinski definition) is 4. The van der Waals surface area contributed by atoms with Crippen molar-refractivity contribution in [2.45, 2.75) is 123 Å². The van der Waals surface area contributed by atoms with Crippen LogP contribution in [0.25, 0.3) is 55.8 Å². The molecule has 0 unspecified atom stereocenters. The zero-order chi connectivity index (χ0) is 39.8. The van der Waals surface area contributed by atoms with Crippen molar-refractivity contribution in [2.75, 3.05) is 0 Å². The van der Waals surface area contributed by atoms with Gasteiger partial charge in [0.05, 0.1) is 34.7 Å². The number of nitrogens with zero attached hydrogens (tertiary/aromatic N) is 4. The molecule has 1 heterocycles. The molecule has 0 amide bonds. The summed E-state index contributed by atoms with van der Waals surface area (Å²) in [6, 6.07) is 38.8. The van der Waals surface area contributed by atoms with Gasteiger partial charge in [-0.05, 0) is 95.6 Å². The monoisotopic (exact) mass is 748 g/mol. The van der Waals surface area contributed by atoms with Crippen LogP contribution in [0.4, 0.5) is 0 Å². The van der Waals surface area contributed by atoms with Crippen LogP contribution < -0.4 is 0 Å². The second kappa shape index (κ2) is 18.1. The average Bonchev–Trinajstić information content (AvgIpc) is 3.50. The summed E-state index contributed by atoms with van der Waals surface area (Å²) in [4.78, 5) is 10.4. The highest BCUT2D eigenvalue weighted by atomic mass is 14.9. The minimum atomic E-state index is -0.0586. The second-order valence-electron chi connectivity index (χ2n) is 16.4. The Bertz CT molecular complexity index is 2410. The molecule has 0 radical (unpaired) electrons. The Hall–Kier alpha value is -5.58. The molecule has 6 aromatic rings. The predicted octanol–water partition coefficient (Wildman–Crippen LogP) is 14.8. The molecule has 0 N–H and O–H groups in total. The van der Waals surface area contributed by atoms with Crippen LogP contribution in [-0.2, 0) is 5.41 Å². The van der Waals surface area contributed by atoms with E-state index in [2.05, 4.69) is 119 Å². The molecule has 1 aliphatic rings. The Morgan fingerprint density at radius 2 is 1.09 bits per heavy atom. The minimum Gasteiger partial charge on any atom is -0.228 e. The van der Waals surface area contributed by atoms with Gasteiger partial charge in [-0.3, -0.25) is 0 Å². The zero-order valence-corrected chi connectivity index (χ0v) is 34.4. The molecule has 4 nitrogen and oxygen atoms in total. The molecule has 0 saturated heterocycles. The lowest BCUT2D eigenvalue weighted by Crippen LogP contribution is -2.25. The number of aromatic nitrogens is 2. The number of rotatable bonds is 17. The number of fused-ring (bicyclic) bond motifs is 4. The summed E-state index contributed by atoms with van der Waals surface area (Å²) in [6.07, 6.45) is 17.7. The summed E-state index contributed by atoms with van der Waals surface area (Å²) in [5.74, 6) is 0.505. The van der Waals surface area contributed by atoms with Gasteiger partial charge < -0.3 is 0 Å². The number of nitriles is 2. The molecule has 0 bridgehead atoms. The second-order valence-corrected chi connectivity index (χ2v) is 16.4. The van der Waals surface area contributed by atoms with Gasteiger partial charge in [-0.2, -0.15) is 10.5 Å². The summed E-state index contributed by atoms with van der Waals surface area (Å²) in [7, 11) is 0. The summed E-state index contributed by atoms with van der Waals surface area (Å²) >= 11 is 0. The number of aryl methyl sites for hydroxylation is 2. The van der Waals surface area contributed by atoms with Crippen molar-refractivity contribution in [3.8, 4) is 57.2 Å². The van der Waals surface area contributed by atoms with Gasteiger partial charge in [0.1, 0.15) is 0 Å². The minimum absolute atomic E-state index is 0.0586. The van der Waals surface area contributed by atoms with Crippen molar-refractivity contribution >= 4 is 10.8 Å². The summed E-state index contributed by atoms with van der Waals surface area (Å²) in [5.41, 5.74) is 13.4. The standard InChI is InChI=1S/C53H56N4/c1-5-7-9-11-13-15-27-53(28-16-14-12-10-8-6-2)48-29-37(3)23-25-45(48)46-26-24-41(33-49(46)53)50-34-51(47-22-18-20-43-38(4)19-17-21-44(43)47)57-52(56-50)42-31-39(35-54)30-40(32-42)36-55/h17-26,29-34H,5-16,27-28H2,1-4H3. The third-order valence-corrected chi connectivity index (χ3v) is 12.3. The number of hydrogen-bond donors (Lipinski definition) is 0. The SMILES string of the molecule is CCCCCCCCC1(CCCCCCCC)c2cc(C)ccc2-c2ccc(-c3cc(-c4cccc5c(C)cccc45)nc(-c4cc(C#N)cc(C#N)c4)n3)cc21. The van der Waals surface area contributed by atoms with Gasteiger partial charge in [0, 0.05) is 22.1 Å². The third-order valence-electron chi connectivity index (χ3n) is 12.3. The molecular weight excluding hydrogens is 693 g/mol. The van der Waals surface area contributed by atoms with E-state index < -0.39 is 0 Å². The lowest BCUT2D eigenvalue weighted by Gasteiger charge is -2.33. The van der Waals surface area contributed by atoms with E-state index in [9.17, 15) is 10.5 Å². The Morgan fingerprint density at radius 3 is 1.75 bits per heavy atom. The van der Waals surface area contributed by atoms with E-state index in [-0.39, 0.29) is 5.41 Å². The Labute approximate surface area is 340 Å². The molecule has 0 spiro atoms. The molecule has 0 fully saturated rings. The predicted molar refractivity (Wildman–Crippen MR) is 237 cm³/mol. The van der Waals surface area contributed by atoms with Gasteiger partial charge >= 0.3 is 0 Å². The highest BCUT2D eigenvalue weighted by molar-refractivity contribution is 5.98. The van der Waals surface area contributed by atoms with Crippen LogP contribution in [0, 0.1) is 36.5 Å². The fraction of sp³-hybridized carbons (Fsp3) is 0.358. The van der Waals surface area contributed by atoms with E-state index in [4.69, 9.17) is 9.97 Å². The van der Waals surface area contributed by atoms with Gasteiger partial charge in [-0.1, -0.05) is 163 Å². The van der Waals surface area contributed by atoms with E-state index in [0.29, 0.717) is 22.5 Å². The molecular formula is C53H56N4. The van der Waals surface area contributed by atoms with Crippen LogP contribution in [-0.4, -0.2) is 9.97 Å². The first-order valence-corrected chi connectivity index (χ1v) is 21.5. The van der Waals surface area contributed by atoms with Gasteiger partial charge in [0.15, 0.2) is 5.82 Å². The highest BCUT2D eigenvalue weighted by Crippen LogP contribution is 2.55. The van der Waals surface area contributed by atoms with Crippen LogP contribution in [0.2, 0.25) is 0 Å². The van der Waals surface area contributed by atoms with E-state index in [0.717, 1.165) is 40.7 Å². The molecule has 57 heavy (non-hydrogen) atoms. The molecule has 4 heteroatoms. The van der Waals surface area contributed by atoms with Gasteiger partial charge in [0.25, 0.3) is 0 Å². The fourth-order valence-corrected chi connectivity index (χ4v) is 9.28. The molecule has 7 rings (SSSR count). The largest absolute Gasteiger partial charge is 0.228 e. The van der Waals surface area contributed by atoms with Gasteiger partial charge in [-0.15, -0.1) is 0 Å². The Kier molecular flexibility index (Phi) is 12.6. The van der Waals surface area contributed by atoms with Crippen LogP contribution in [0.15, 0.2) is 97.1 Å². The maximum atomic E-state index is 9.90. The van der Waals surface area contributed by atoms with E-state index in [1.165, 1.54) is 116 Å². The lowest BCUT2D eigenvalue weighted by molar-refractivity contribution is 0.398. The van der Waals surface area contributed by atoms with Crippen LogP contribution in [0.1, 0.15) is 137 Å². The van der Waals surface area contributed by atoms with E-state index in [1.807, 2.05) is 0 Å². The Morgan fingerprint density at radius 1 is 0.509 bits per heavy atom. The summed E-state index contributed by atoms with van der Waals surface area (Å²) in [6.45, 7) is 8.97. The molecule has 0 aliphatic heterocycles. The average molecular weight is 749 g/mol. The highest BCUT2D eigenvalue weighted by Gasteiger charge is 2.42. The van der Waals surface area contributed by atoms with E-state index in [1.54, 1.807) is 18.2 Å². The molecule has 288 valence electrons. The third kappa shape index (κ3) is 8.43. The van der Waals surface area contributed by atoms with Crippen molar-refractivity contribution in [2.24, 2.45) is 0 Å². The van der Waals surface area contributed by atoms with Gasteiger partial charge in [0.2, 0.25) is 0 Å². The number of unbranched alkanes of at least 4 members (excludes halogenated alkanes) is 10. The lowest BCUT2D eigenvalue weighted by atomic mass is 9.70.